The Balaban J connectivity index is 2.15. The summed E-state index contributed by atoms with van der Waals surface area (Å²) in [6, 6.07) is 14.4. The second-order valence-electron chi connectivity index (χ2n) is 4.98. The summed E-state index contributed by atoms with van der Waals surface area (Å²) in [5, 5.41) is 2.77. The second-order valence-corrected chi connectivity index (χ2v) is 4.98. The van der Waals surface area contributed by atoms with Gasteiger partial charge >= 0.3 is 5.97 Å². The Bertz CT molecular complexity index is 809. The number of benzene rings is 2. The van der Waals surface area contributed by atoms with Gasteiger partial charge in [-0.25, -0.2) is 4.79 Å². The maximum absolute atomic E-state index is 12.4. The highest BCUT2D eigenvalue weighted by molar-refractivity contribution is 6.36. The number of rotatable bonds is 3. The van der Waals surface area contributed by atoms with E-state index in [4.69, 9.17) is 9.47 Å². The molecule has 0 saturated heterocycles. The van der Waals surface area contributed by atoms with Gasteiger partial charge in [-0.1, -0.05) is 36.4 Å². The molecule has 1 N–H and O–H groups in total. The molecule has 0 fully saturated rings. The highest BCUT2D eigenvalue weighted by atomic mass is 16.5. The van der Waals surface area contributed by atoms with E-state index in [1.807, 2.05) is 30.3 Å². The van der Waals surface area contributed by atoms with Crippen molar-refractivity contribution < 1.29 is 19.1 Å². The van der Waals surface area contributed by atoms with Crippen LogP contribution in [0.2, 0.25) is 0 Å². The molecule has 0 atom stereocenters. The molecule has 1 amide bonds. The van der Waals surface area contributed by atoms with Crippen LogP contribution in [0.15, 0.2) is 48.5 Å². The third-order valence-corrected chi connectivity index (χ3v) is 3.65. The van der Waals surface area contributed by atoms with Crippen LogP contribution in [0.1, 0.15) is 21.5 Å². The predicted molar refractivity (Wildman–Crippen MR) is 86.7 cm³/mol. The number of hydrogen-bond donors (Lipinski definition) is 1. The van der Waals surface area contributed by atoms with Crippen molar-refractivity contribution >= 4 is 28.9 Å². The monoisotopic (exact) mass is 309 g/mol. The van der Waals surface area contributed by atoms with Gasteiger partial charge in [-0.05, 0) is 12.1 Å². The summed E-state index contributed by atoms with van der Waals surface area (Å²) in [5.74, 6) is -0.218. The van der Waals surface area contributed by atoms with Crippen LogP contribution in [0.3, 0.4) is 0 Å². The standard InChI is InChI=1S/C18H15NO4/c1-22-16(11-6-4-3-5-7-11)15-13-9-8-12(18(21)23-2)10-14(13)19-17(15)20/h3-10H,1-2H3,(H,19,20)/b16-15-. The zero-order valence-electron chi connectivity index (χ0n) is 12.8. The lowest BCUT2D eigenvalue weighted by molar-refractivity contribution is -0.110. The topological polar surface area (TPSA) is 64.6 Å². The van der Waals surface area contributed by atoms with Crippen LogP contribution in [-0.4, -0.2) is 26.1 Å². The number of methoxy groups -OCH3 is 2. The number of esters is 1. The van der Waals surface area contributed by atoms with Gasteiger partial charge in [0.1, 0.15) is 5.76 Å². The number of hydrogen-bond acceptors (Lipinski definition) is 4. The molecule has 5 heteroatoms. The first-order valence-corrected chi connectivity index (χ1v) is 7.03. The Kier molecular flexibility index (Phi) is 3.85. The summed E-state index contributed by atoms with van der Waals surface area (Å²) < 4.78 is 10.2. The molecular weight excluding hydrogens is 294 g/mol. The first kappa shape index (κ1) is 14.8. The SMILES string of the molecule is COC(=O)c1ccc2c(c1)NC(=O)/C2=C(\OC)c1ccccc1. The summed E-state index contributed by atoms with van der Waals surface area (Å²) in [5.41, 5.74) is 2.91. The van der Waals surface area contributed by atoms with Crippen LogP contribution in [0.25, 0.3) is 11.3 Å². The molecule has 23 heavy (non-hydrogen) atoms. The first-order chi connectivity index (χ1) is 11.2. The molecule has 5 nitrogen and oxygen atoms in total. The molecule has 3 rings (SSSR count). The summed E-state index contributed by atoms with van der Waals surface area (Å²) in [7, 11) is 2.85. The number of fused-ring (bicyclic) bond motifs is 1. The smallest absolute Gasteiger partial charge is 0.337 e. The zero-order valence-corrected chi connectivity index (χ0v) is 12.8. The molecule has 0 unspecified atom stereocenters. The van der Waals surface area contributed by atoms with Gasteiger partial charge in [-0.2, -0.15) is 0 Å². The van der Waals surface area contributed by atoms with Crippen molar-refractivity contribution in [2.45, 2.75) is 0 Å². The molecule has 2 aromatic rings. The van der Waals surface area contributed by atoms with E-state index in [0.29, 0.717) is 28.1 Å². The molecule has 1 heterocycles. The van der Waals surface area contributed by atoms with Crippen molar-refractivity contribution in [2.24, 2.45) is 0 Å². The van der Waals surface area contributed by atoms with Crippen LogP contribution in [0.5, 0.6) is 0 Å². The summed E-state index contributed by atoms with van der Waals surface area (Å²) in [4.78, 5) is 24.0. The molecule has 0 bridgehead atoms. The lowest BCUT2D eigenvalue weighted by Crippen LogP contribution is -2.07. The van der Waals surface area contributed by atoms with E-state index in [1.165, 1.54) is 14.2 Å². The van der Waals surface area contributed by atoms with Crippen molar-refractivity contribution in [3.8, 4) is 0 Å². The Labute approximate surface area is 133 Å². The molecule has 0 radical (unpaired) electrons. The van der Waals surface area contributed by atoms with Crippen molar-refractivity contribution in [1.82, 2.24) is 0 Å². The largest absolute Gasteiger partial charge is 0.495 e. The van der Waals surface area contributed by atoms with E-state index in [-0.39, 0.29) is 5.91 Å². The average molecular weight is 309 g/mol. The van der Waals surface area contributed by atoms with Gasteiger partial charge in [0.2, 0.25) is 0 Å². The highest BCUT2D eigenvalue weighted by Gasteiger charge is 2.29. The van der Waals surface area contributed by atoms with E-state index in [1.54, 1.807) is 18.2 Å². The normalized spacial score (nSPS) is 14.8. The van der Waals surface area contributed by atoms with Gasteiger partial charge in [0.25, 0.3) is 5.91 Å². The van der Waals surface area contributed by atoms with Gasteiger partial charge in [0.15, 0.2) is 0 Å². The van der Waals surface area contributed by atoms with Gasteiger partial charge in [-0.15, -0.1) is 0 Å². The molecule has 1 aliphatic heterocycles. The van der Waals surface area contributed by atoms with Gasteiger partial charge in [0, 0.05) is 11.1 Å². The fraction of sp³-hybridized carbons (Fsp3) is 0.111. The first-order valence-electron chi connectivity index (χ1n) is 7.03. The fourth-order valence-corrected chi connectivity index (χ4v) is 2.60. The lowest BCUT2D eigenvalue weighted by Gasteiger charge is -2.10. The Morgan fingerprint density at radius 2 is 1.70 bits per heavy atom. The van der Waals surface area contributed by atoms with Crippen molar-refractivity contribution in [3.63, 3.8) is 0 Å². The minimum atomic E-state index is -0.450. The average Bonchev–Trinajstić information content (AvgIpc) is 2.91. The summed E-state index contributed by atoms with van der Waals surface area (Å²) in [6.45, 7) is 0. The third kappa shape index (κ3) is 2.57. The van der Waals surface area contributed by atoms with E-state index in [2.05, 4.69) is 5.32 Å². The maximum atomic E-state index is 12.4. The Hall–Kier alpha value is -3.08. The molecule has 1 aliphatic rings. The van der Waals surface area contributed by atoms with Crippen LogP contribution in [-0.2, 0) is 14.3 Å². The zero-order chi connectivity index (χ0) is 16.4. The maximum Gasteiger partial charge on any atom is 0.337 e. The van der Waals surface area contributed by atoms with E-state index >= 15 is 0 Å². The molecule has 0 saturated carbocycles. The second kappa shape index (κ2) is 5.96. The number of carbonyl (C=O) groups excluding carboxylic acids is 2. The number of nitrogens with one attached hydrogen (secondary N) is 1. The number of anilines is 1. The number of carbonyl (C=O) groups is 2. The van der Waals surface area contributed by atoms with Crippen molar-refractivity contribution in [1.29, 1.82) is 0 Å². The highest BCUT2D eigenvalue weighted by Crippen LogP contribution is 2.37. The van der Waals surface area contributed by atoms with Crippen LogP contribution < -0.4 is 5.32 Å². The number of ether oxygens (including phenoxy) is 2. The van der Waals surface area contributed by atoms with Crippen molar-refractivity contribution in [3.05, 3.63) is 65.2 Å². The minimum Gasteiger partial charge on any atom is -0.495 e. The summed E-state index contributed by atoms with van der Waals surface area (Å²) >= 11 is 0. The number of amides is 1. The quantitative estimate of drug-likeness (QED) is 0.538. The van der Waals surface area contributed by atoms with Gasteiger partial charge < -0.3 is 14.8 Å². The van der Waals surface area contributed by atoms with E-state index in [9.17, 15) is 9.59 Å². The Morgan fingerprint density at radius 3 is 2.35 bits per heavy atom. The molecular formula is C18H15NO4. The minimum absolute atomic E-state index is 0.261. The van der Waals surface area contributed by atoms with Gasteiger partial charge in [-0.3, -0.25) is 4.79 Å². The van der Waals surface area contributed by atoms with Gasteiger partial charge in [0.05, 0.1) is 31.0 Å². The van der Waals surface area contributed by atoms with Crippen LogP contribution in [0.4, 0.5) is 5.69 Å². The molecule has 0 spiro atoms. The third-order valence-electron chi connectivity index (χ3n) is 3.65. The Morgan fingerprint density at radius 1 is 0.957 bits per heavy atom. The van der Waals surface area contributed by atoms with Crippen molar-refractivity contribution in [2.75, 3.05) is 19.5 Å². The fourth-order valence-electron chi connectivity index (χ4n) is 2.60. The van der Waals surface area contributed by atoms with Crippen LogP contribution in [0, 0.1) is 0 Å². The lowest BCUT2D eigenvalue weighted by atomic mass is 10.0. The van der Waals surface area contributed by atoms with Crippen LogP contribution >= 0.6 is 0 Å². The summed E-state index contributed by atoms with van der Waals surface area (Å²) in [6.07, 6.45) is 0. The predicted octanol–water partition coefficient (Wildman–Crippen LogP) is 2.94. The molecule has 0 aromatic heterocycles. The van der Waals surface area contributed by atoms with E-state index in [0.717, 1.165) is 5.56 Å². The molecule has 116 valence electrons. The van der Waals surface area contributed by atoms with E-state index < -0.39 is 5.97 Å². The molecule has 2 aromatic carbocycles. The molecule has 0 aliphatic carbocycles.